The molecule has 1 aliphatic rings. The number of hydrogen-bond donors (Lipinski definition) is 1. The normalized spacial score (nSPS) is 19.0. The molecular weight excluding hydrogens is 234 g/mol. The van der Waals surface area contributed by atoms with Crippen LogP contribution in [0.25, 0.3) is 0 Å². The summed E-state index contributed by atoms with van der Waals surface area (Å²) in [5.41, 5.74) is 6.59. The molecule has 0 saturated carbocycles. The molecule has 0 radical (unpaired) electrons. The second-order valence-electron chi connectivity index (χ2n) is 4.37. The first kappa shape index (κ1) is 12.6. The molecule has 0 amide bonds. The van der Waals surface area contributed by atoms with E-state index in [1.54, 1.807) is 6.07 Å². The fourth-order valence-corrected chi connectivity index (χ4v) is 2.38. The zero-order chi connectivity index (χ0) is 13.1. The van der Waals surface area contributed by atoms with Gasteiger partial charge in [0.05, 0.1) is 18.1 Å². The molecule has 0 aromatic heterocycles. The summed E-state index contributed by atoms with van der Waals surface area (Å²) < 4.78 is 5.11. The van der Waals surface area contributed by atoms with Gasteiger partial charge in [0.15, 0.2) is 0 Å². The Hall–Kier alpha value is -1.82. The first-order chi connectivity index (χ1) is 8.65. The number of anilines is 1. The Morgan fingerprint density at radius 1 is 1.56 bits per heavy atom. The SMILES string of the molecule is COc1cc(N2CCCC2CN)cc([N+](=O)[O-])c1. The molecule has 1 saturated heterocycles. The van der Waals surface area contributed by atoms with Crippen LogP contribution in [0.2, 0.25) is 0 Å². The summed E-state index contributed by atoms with van der Waals surface area (Å²) in [6, 6.07) is 5.09. The van der Waals surface area contributed by atoms with Gasteiger partial charge in [0, 0.05) is 37.0 Å². The molecule has 0 aliphatic carbocycles. The summed E-state index contributed by atoms with van der Waals surface area (Å²) in [5.74, 6) is 0.502. The molecule has 6 nitrogen and oxygen atoms in total. The molecule has 1 aromatic rings. The molecule has 1 aromatic carbocycles. The van der Waals surface area contributed by atoms with Crippen LogP contribution in [-0.2, 0) is 0 Å². The van der Waals surface area contributed by atoms with Gasteiger partial charge < -0.3 is 15.4 Å². The van der Waals surface area contributed by atoms with Crippen molar-refractivity contribution in [2.45, 2.75) is 18.9 Å². The predicted molar refractivity (Wildman–Crippen MR) is 69.1 cm³/mol. The average Bonchev–Trinajstić information content (AvgIpc) is 2.86. The van der Waals surface area contributed by atoms with Crippen LogP contribution in [0.3, 0.4) is 0 Å². The number of nitro groups is 1. The lowest BCUT2D eigenvalue weighted by Gasteiger charge is -2.25. The lowest BCUT2D eigenvalue weighted by Crippen LogP contribution is -2.35. The Morgan fingerprint density at radius 2 is 2.33 bits per heavy atom. The third-order valence-electron chi connectivity index (χ3n) is 3.30. The van der Waals surface area contributed by atoms with Crippen LogP contribution in [0.15, 0.2) is 18.2 Å². The van der Waals surface area contributed by atoms with Gasteiger partial charge in [-0.15, -0.1) is 0 Å². The van der Waals surface area contributed by atoms with Crippen molar-refractivity contribution in [3.63, 3.8) is 0 Å². The molecule has 18 heavy (non-hydrogen) atoms. The van der Waals surface area contributed by atoms with E-state index in [2.05, 4.69) is 4.90 Å². The summed E-state index contributed by atoms with van der Waals surface area (Å²) in [6.45, 7) is 1.44. The molecular formula is C12H17N3O3. The molecule has 0 bridgehead atoms. The van der Waals surface area contributed by atoms with Crippen LogP contribution in [0.1, 0.15) is 12.8 Å². The largest absolute Gasteiger partial charge is 0.496 e. The van der Waals surface area contributed by atoms with Crippen LogP contribution < -0.4 is 15.4 Å². The van der Waals surface area contributed by atoms with Crippen LogP contribution >= 0.6 is 0 Å². The fourth-order valence-electron chi connectivity index (χ4n) is 2.38. The molecule has 2 rings (SSSR count). The highest BCUT2D eigenvalue weighted by atomic mass is 16.6. The number of nitro benzene ring substituents is 1. The Bertz CT molecular complexity index is 450. The molecule has 0 spiro atoms. The van der Waals surface area contributed by atoms with Gasteiger partial charge in [0.25, 0.3) is 5.69 Å². The molecule has 6 heteroatoms. The fraction of sp³-hybridized carbons (Fsp3) is 0.500. The van der Waals surface area contributed by atoms with Gasteiger partial charge >= 0.3 is 0 Å². The minimum Gasteiger partial charge on any atom is -0.496 e. The van der Waals surface area contributed by atoms with Crippen molar-refractivity contribution < 1.29 is 9.66 Å². The second-order valence-corrected chi connectivity index (χ2v) is 4.37. The molecule has 1 atom stereocenters. The molecule has 1 unspecified atom stereocenters. The molecule has 98 valence electrons. The summed E-state index contributed by atoms with van der Waals surface area (Å²) in [4.78, 5) is 12.6. The van der Waals surface area contributed by atoms with Crippen molar-refractivity contribution in [2.75, 3.05) is 25.1 Å². The molecule has 1 fully saturated rings. The monoisotopic (exact) mass is 251 g/mol. The van der Waals surface area contributed by atoms with Crippen molar-refractivity contribution in [3.05, 3.63) is 28.3 Å². The summed E-state index contributed by atoms with van der Waals surface area (Å²) in [6.07, 6.45) is 2.09. The minimum absolute atomic E-state index is 0.0482. The second kappa shape index (κ2) is 5.22. The number of nitrogens with zero attached hydrogens (tertiary/aromatic N) is 2. The third kappa shape index (κ3) is 2.38. The average molecular weight is 251 g/mol. The predicted octanol–water partition coefficient (Wildman–Crippen LogP) is 1.53. The lowest BCUT2D eigenvalue weighted by atomic mass is 10.2. The molecule has 1 aliphatic heterocycles. The summed E-state index contributed by atoms with van der Waals surface area (Å²) >= 11 is 0. The molecule has 1 heterocycles. The van der Waals surface area contributed by atoms with E-state index in [1.807, 2.05) is 6.07 Å². The maximum atomic E-state index is 10.9. The van der Waals surface area contributed by atoms with Gasteiger partial charge in [-0.2, -0.15) is 0 Å². The summed E-state index contributed by atoms with van der Waals surface area (Å²) in [5, 5.41) is 10.9. The van der Waals surface area contributed by atoms with Gasteiger partial charge in [0.1, 0.15) is 5.75 Å². The van der Waals surface area contributed by atoms with E-state index >= 15 is 0 Å². The highest BCUT2D eigenvalue weighted by Crippen LogP contribution is 2.32. The van der Waals surface area contributed by atoms with Gasteiger partial charge in [0.2, 0.25) is 0 Å². The molecule has 2 N–H and O–H groups in total. The zero-order valence-electron chi connectivity index (χ0n) is 10.3. The first-order valence-corrected chi connectivity index (χ1v) is 5.96. The van der Waals surface area contributed by atoms with Gasteiger partial charge in [-0.05, 0) is 12.8 Å². The number of benzene rings is 1. The van der Waals surface area contributed by atoms with E-state index in [1.165, 1.54) is 13.2 Å². The van der Waals surface area contributed by atoms with Crippen LogP contribution in [0.5, 0.6) is 5.75 Å². The number of non-ortho nitro benzene ring substituents is 1. The highest BCUT2D eigenvalue weighted by molar-refractivity contribution is 5.59. The van der Waals surface area contributed by atoms with Gasteiger partial charge in [-0.1, -0.05) is 0 Å². The lowest BCUT2D eigenvalue weighted by molar-refractivity contribution is -0.384. The van der Waals surface area contributed by atoms with Gasteiger partial charge in [-0.3, -0.25) is 10.1 Å². The number of ether oxygens (including phenoxy) is 1. The Labute approximate surface area is 105 Å². The van der Waals surface area contributed by atoms with E-state index in [9.17, 15) is 10.1 Å². The zero-order valence-corrected chi connectivity index (χ0v) is 10.3. The number of hydrogen-bond acceptors (Lipinski definition) is 5. The van der Waals surface area contributed by atoms with Crippen LogP contribution in [0, 0.1) is 10.1 Å². The first-order valence-electron chi connectivity index (χ1n) is 5.96. The minimum atomic E-state index is -0.403. The maximum absolute atomic E-state index is 10.9. The van der Waals surface area contributed by atoms with Crippen molar-refractivity contribution >= 4 is 11.4 Å². The Balaban J connectivity index is 2.37. The topological polar surface area (TPSA) is 81.6 Å². The number of rotatable bonds is 4. The standard InChI is InChI=1S/C12H17N3O3/c1-18-12-6-10(5-11(7-12)15(16)17)14-4-2-3-9(14)8-13/h5-7,9H,2-4,8,13H2,1H3. The van der Waals surface area contributed by atoms with E-state index < -0.39 is 4.92 Å². The van der Waals surface area contributed by atoms with Crippen LogP contribution in [-0.4, -0.2) is 31.2 Å². The van der Waals surface area contributed by atoms with E-state index in [0.29, 0.717) is 12.3 Å². The van der Waals surface area contributed by atoms with Crippen LogP contribution in [0.4, 0.5) is 11.4 Å². The van der Waals surface area contributed by atoms with Gasteiger partial charge in [-0.25, -0.2) is 0 Å². The Morgan fingerprint density at radius 3 is 2.94 bits per heavy atom. The van der Waals surface area contributed by atoms with E-state index in [-0.39, 0.29) is 11.7 Å². The van der Waals surface area contributed by atoms with Crippen molar-refractivity contribution in [3.8, 4) is 5.75 Å². The maximum Gasteiger partial charge on any atom is 0.275 e. The highest BCUT2D eigenvalue weighted by Gasteiger charge is 2.25. The quantitative estimate of drug-likeness (QED) is 0.648. The number of nitrogens with two attached hydrogens (primary N) is 1. The van der Waals surface area contributed by atoms with E-state index in [4.69, 9.17) is 10.5 Å². The van der Waals surface area contributed by atoms with Crippen molar-refractivity contribution in [2.24, 2.45) is 5.73 Å². The van der Waals surface area contributed by atoms with Crippen molar-refractivity contribution in [1.82, 2.24) is 0 Å². The third-order valence-corrected chi connectivity index (χ3v) is 3.30. The number of methoxy groups -OCH3 is 1. The van der Waals surface area contributed by atoms with Crippen molar-refractivity contribution in [1.29, 1.82) is 0 Å². The van der Waals surface area contributed by atoms with E-state index in [0.717, 1.165) is 25.1 Å². The Kier molecular flexibility index (Phi) is 3.66. The smallest absolute Gasteiger partial charge is 0.275 e. The summed E-state index contributed by atoms with van der Waals surface area (Å²) in [7, 11) is 1.51.